The van der Waals surface area contributed by atoms with Gasteiger partial charge in [-0.15, -0.1) is 0 Å². The number of hydrogen-bond donors (Lipinski definition) is 2. The Kier molecular flexibility index (Phi) is 5.47. The normalized spacial score (nSPS) is 15.3. The molecule has 0 radical (unpaired) electrons. The van der Waals surface area contributed by atoms with Gasteiger partial charge in [0.25, 0.3) is 0 Å². The highest BCUT2D eigenvalue weighted by molar-refractivity contribution is 5.28. The van der Waals surface area contributed by atoms with Crippen molar-refractivity contribution in [2.75, 3.05) is 19.8 Å². The van der Waals surface area contributed by atoms with Crippen LogP contribution in [0.2, 0.25) is 0 Å². The van der Waals surface area contributed by atoms with Crippen LogP contribution in [0.25, 0.3) is 0 Å². The van der Waals surface area contributed by atoms with Gasteiger partial charge >= 0.3 is 0 Å². The molecule has 4 heteroatoms. The molecule has 1 atom stereocenters. The monoisotopic (exact) mass is 269 g/mol. The number of aliphatic hydroxyl groups is 1. The zero-order chi connectivity index (χ0) is 14.5. The van der Waals surface area contributed by atoms with Crippen LogP contribution in [0.5, 0.6) is 0 Å². The van der Waals surface area contributed by atoms with Crippen molar-refractivity contribution in [3.63, 3.8) is 0 Å². The second kappa shape index (κ2) is 6.46. The fourth-order valence-corrected chi connectivity index (χ4v) is 2.02. The van der Waals surface area contributed by atoms with E-state index < -0.39 is 5.41 Å². The molecule has 0 aromatic heterocycles. The van der Waals surface area contributed by atoms with E-state index in [0.29, 0.717) is 18.6 Å². The lowest BCUT2D eigenvalue weighted by atomic mass is 9.78. The molecule has 0 spiro atoms. The highest BCUT2D eigenvalue weighted by Gasteiger charge is 2.33. The molecule has 0 aliphatic rings. The molecular formula is C15H24FNO2. The van der Waals surface area contributed by atoms with Gasteiger partial charge in [0, 0.05) is 18.6 Å². The van der Waals surface area contributed by atoms with Gasteiger partial charge < -0.3 is 15.6 Å². The summed E-state index contributed by atoms with van der Waals surface area (Å²) in [6, 6.07) is 6.45. The minimum atomic E-state index is -0.781. The first-order chi connectivity index (χ1) is 8.84. The first-order valence-electron chi connectivity index (χ1n) is 6.54. The van der Waals surface area contributed by atoms with Gasteiger partial charge in [-0.1, -0.05) is 18.2 Å². The Morgan fingerprint density at radius 1 is 1.26 bits per heavy atom. The van der Waals surface area contributed by atoms with Crippen molar-refractivity contribution >= 4 is 0 Å². The number of benzene rings is 1. The number of aliphatic hydroxyl groups excluding tert-OH is 1. The average molecular weight is 269 g/mol. The summed E-state index contributed by atoms with van der Waals surface area (Å²) in [5.41, 5.74) is 5.20. The fourth-order valence-electron chi connectivity index (χ4n) is 2.02. The van der Waals surface area contributed by atoms with Gasteiger partial charge in [0.15, 0.2) is 0 Å². The van der Waals surface area contributed by atoms with E-state index in [4.69, 9.17) is 10.5 Å². The minimum absolute atomic E-state index is 0.179. The number of hydrogen-bond acceptors (Lipinski definition) is 3. The molecule has 108 valence electrons. The lowest BCUT2D eigenvalue weighted by molar-refractivity contribution is -0.0155. The van der Waals surface area contributed by atoms with E-state index in [1.54, 1.807) is 18.2 Å². The summed E-state index contributed by atoms with van der Waals surface area (Å²) >= 11 is 0. The van der Waals surface area contributed by atoms with Crippen LogP contribution in [0.1, 0.15) is 32.8 Å². The van der Waals surface area contributed by atoms with E-state index in [1.165, 1.54) is 6.07 Å². The zero-order valence-electron chi connectivity index (χ0n) is 11.9. The Bertz CT molecular complexity index is 397. The van der Waals surface area contributed by atoms with E-state index in [2.05, 4.69) is 0 Å². The van der Waals surface area contributed by atoms with Crippen molar-refractivity contribution in [3.05, 3.63) is 35.6 Å². The Morgan fingerprint density at radius 3 is 2.37 bits per heavy atom. The van der Waals surface area contributed by atoms with Crippen molar-refractivity contribution in [1.29, 1.82) is 0 Å². The maximum atomic E-state index is 13.9. The third-order valence-electron chi connectivity index (χ3n) is 3.25. The second-order valence-electron chi connectivity index (χ2n) is 5.83. The highest BCUT2D eigenvalue weighted by Crippen LogP contribution is 2.29. The van der Waals surface area contributed by atoms with Crippen molar-refractivity contribution in [2.24, 2.45) is 5.73 Å². The summed E-state index contributed by atoms with van der Waals surface area (Å²) in [7, 11) is 0. The van der Waals surface area contributed by atoms with Crippen molar-refractivity contribution in [1.82, 2.24) is 0 Å². The zero-order valence-corrected chi connectivity index (χ0v) is 11.9. The van der Waals surface area contributed by atoms with Crippen molar-refractivity contribution < 1.29 is 14.2 Å². The van der Waals surface area contributed by atoms with Gasteiger partial charge in [-0.3, -0.25) is 0 Å². The van der Waals surface area contributed by atoms with Gasteiger partial charge in [0.2, 0.25) is 0 Å². The first-order valence-corrected chi connectivity index (χ1v) is 6.54. The fraction of sp³-hybridized carbons (Fsp3) is 0.600. The van der Waals surface area contributed by atoms with E-state index in [1.807, 2.05) is 20.8 Å². The molecule has 1 unspecified atom stereocenters. The molecule has 1 rings (SSSR count). The summed E-state index contributed by atoms with van der Waals surface area (Å²) in [5.74, 6) is -0.335. The summed E-state index contributed by atoms with van der Waals surface area (Å²) in [6.45, 7) is 6.28. The lowest BCUT2D eigenvalue weighted by Gasteiger charge is -2.32. The molecular weight excluding hydrogens is 245 g/mol. The molecule has 1 aromatic carbocycles. The molecule has 0 saturated carbocycles. The Labute approximate surface area is 114 Å². The molecule has 0 heterocycles. The standard InChI is InChI=1S/C15H24FNO2/c1-14(2,3)19-9-8-15(10-17,11-18)12-6-4-5-7-13(12)16/h4-7,18H,8-11,17H2,1-3H3. The number of rotatable bonds is 6. The van der Waals surface area contributed by atoms with Crippen LogP contribution in [-0.2, 0) is 10.2 Å². The van der Waals surface area contributed by atoms with Crippen LogP contribution in [-0.4, -0.2) is 30.5 Å². The Morgan fingerprint density at radius 2 is 1.89 bits per heavy atom. The smallest absolute Gasteiger partial charge is 0.127 e. The van der Waals surface area contributed by atoms with Gasteiger partial charge in [0.05, 0.1) is 12.2 Å². The first kappa shape index (κ1) is 16.1. The molecule has 3 nitrogen and oxygen atoms in total. The molecule has 0 saturated heterocycles. The molecule has 19 heavy (non-hydrogen) atoms. The molecule has 0 aliphatic heterocycles. The predicted octanol–water partition coefficient (Wildman–Crippen LogP) is 2.22. The minimum Gasteiger partial charge on any atom is -0.395 e. The molecule has 0 aliphatic carbocycles. The lowest BCUT2D eigenvalue weighted by Crippen LogP contribution is -2.41. The van der Waals surface area contributed by atoms with E-state index >= 15 is 0 Å². The summed E-state index contributed by atoms with van der Waals surface area (Å²) in [4.78, 5) is 0. The summed E-state index contributed by atoms with van der Waals surface area (Å²) in [5, 5.41) is 9.68. The Hall–Kier alpha value is -0.970. The van der Waals surface area contributed by atoms with Crippen LogP contribution < -0.4 is 5.73 Å². The molecule has 0 bridgehead atoms. The van der Waals surface area contributed by atoms with Gasteiger partial charge in [-0.25, -0.2) is 4.39 Å². The molecule has 0 amide bonds. The summed E-state index contributed by atoms with van der Waals surface area (Å²) < 4.78 is 19.6. The van der Waals surface area contributed by atoms with Crippen LogP contribution in [0, 0.1) is 5.82 Å². The van der Waals surface area contributed by atoms with E-state index in [-0.39, 0.29) is 24.6 Å². The van der Waals surface area contributed by atoms with Crippen molar-refractivity contribution in [2.45, 2.75) is 38.2 Å². The van der Waals surface area contributed by atoms with E-state index in [9.17, 15) is 9.50 Å². The third-order valence-corrected chi connectivity index (χ3v) is 3.25. The van der Waals surface area contributed by atoms with Crippen LogP contribution in [0.4, 0.5) is 4.39 Å². The SMILES string of the molecule is CC(C)(C)OCCC(CN)(CO)c1ccccc1F. The predicted molar refractivity (Wildman–Crippen MR) is 74.5 cm³/mol. The van der Waals surface area contributed by atoms with Gasteiger partial charge in [0.1, 0.15) is 5.82 Å². The topological polar surface area (TPSA) is 55.5 Å². The number of nitrogens with two attached hydrogens (primary N) is 1. The summed E-state index contributed by atoms with van der Waals surface area (Å²) in [6.07, 6.45) is 0.484. The largest absolute Gasteiger partial charge is 0.395 e. The van der Waals surface area contributed by atoms with Crippen molar-refractivity contribution in [3.8, 4) is 0 Å². The highest BCUT2D eigenvalue weighted by atomic mass is 19.1. The Balaban J connectivity index is 2.89. The molecule has 0 fully saturated rings. The number of ether oxygens (including phenoxy) is 1. The quantitative estimate of drug-likeness (QED) is 0.832. The van der Waals surface area contributed by atoms with Gasteiger partial charge in [-0.05, 0) is 38.8 Å². The van der Waals surface area contributed by atoms with Crippen LogP contribution in [0.15, 0.2) is 24.3 Å². The number of halogens is 1. The van der Waals surface area contributed by atoms with Crippen LogP contribution in [0.3, 0.4) is 0 Å². The maximum absolute atomic E-state index is 13.9. The van der Waals surface area contributed by atoms with E-state index in [0.717, 1.165) is 0 Å². The average Bonchev–Trinajstić information content (AvgIpc) is 2.35. The maximum Gasteiger partial charge on any atom is 0.127 e. The molecule has 1 aromatic rings. The van der Waals surface area contributed by atoms with Gasteiger partial charge in [-0.2, -0.15) is 0 Å². The third kappa shape index (κ3) is 4.27. The molecule has 3 N–H and O–H groups in total. The van der Waals surface area contributed by atoms with Crippen LogP contribution >= 0.6 is 0 Å². The second-order valence-corrected chi connectivity index (χ2v) is 5.83.